The minimum absolute atomic E-state index is 0.111. The van der Waals surface area contributed by atoms with E-state index in [1.54, 1.807) is 0 Å². The second kappa shape index (κ2) is 6.62. The van der Waals surface area contributed by atoms with E-state index in [4.69, 9.17) is 15.9 Å². The van der Waals surface area contributed by atoms with Crippen molar-refractivity contribution >= 4 is 5.84 Å². The highest BCUT2D eigenvalue weighted by Crippen LogP contribution is 2.16. The van der Waals surface area contributed by atoms with Gasteiger partial charge >= 0.3 is 6.18 Å². The molecule has 0 aromatic rings. The van der Waals surface area contributed by atoms with Crippen LogP contribution in [0.15, 0.2) is 0 Å². The molecule has 0 aliphatic heterocycles. The van der Waals surface area contributed by atoms with Crippen LogP contribution in [0, 0.1) is 5.41 Å². The van der Waals surface area contributed by atoms with Crippen LogP contribution in [-0.2, 0) is 4.74 Å². The first-order valence-corrected chi connectivity index (χ1v) is 4.46. The maximum absolute atomic E-state index is 12.1. The van der Waals surface area contributed by atoms with Gasteiger partial charge in [-0.1, -0.05) is 0 Å². The summed E-state index contributed by atoms with van der Waals surface area (Å²) in [6, 6.07) is 0. The lowest BCUT2D eigenvalue weighted by Crippen LogP contribution is -2.38. The molecule has 0 heterocycles. The van der Waals surface area contributed by atoms with Crippen LogP contribution < -0.4 is 5.73 Å². The number of hydrogen-bond acceptors (Lipinski definition) is 3. The van der Waals surface area contributed by atoms with Crippen LogP contribution in [0.4, 0.5) is 13.2 Å². The van der Waals surface area contributed by atoms with Crippen molar-refractivity contribution in [1.82, 2.24) is 4.90 Å². The van der Waals surface area contributed by atoms with Gasteiger partial charge in [0.25, 0.3) is 0 Å². The summed E-state index contributed by atoms with van der Waals surface area (Å²) in [5.74, 6) is -0.111. The van der Waals surface area contributed by atoms with Crippen molar-refractivity contribution in [2.45, 2.75) is 12.6 Å². The normalized spacial score (nSPS) is 12.1. The second-order valence-corrected chi connectivity index (χ2v) is 3.16. The third-order valence-electron chi connectivity index (χ3n) is 1.71. The summed E-state index contributed by atoms with van der Waals surface area (Å²) < 4.78 is 41.0. The van der Waals surface area contributed by atoms with Gasteiger partial charge in [-0.15, -0.1) is 0 Å². The largest absolute Gasteiger partial charge is 0.401 e. The molecule has 0 amide bonds. The summed E-state index contributed by atoms with van der Waals surface area (Å²) in [6.45, 7) is -0.459. The fourth-order valence-electron chi connectivity index (χ4n) is 1.02. The van der Waals surface area contributed by atoms with Crippen LogP contribution in [0.3, 0.4) is 0 Å². The van der Waals surface area contributed by atoms with Crippen molar-refractivity contribution < 1.29 is 17.9 Å². The lowest BCUT2D eigenvalue weighted by atomic mass is 10.3. The topological polar surface area (TPSA) is 62.3 Å². The van der Waals surface area contributed by atoms with Crippen molar-refractivity contribution in [3.63, 3.8) is 0 Å². The molecule has 0 aliphatic rings. The Morgan fingerprint density at radius 2 is 2.00 bits per heavy atom. The molecule has 0 unspecified atom stereocenters. The van der Waals surface area contributed by atoms with Gasteiger partial charge in [0.1, 0.15) is 0 Å². The molecule has 4 nitrogen and oxygen atoms in total. The number of methoxy groups -OCH3 is 1. The third-order valence-corrected chi connectivity index (χ3v) is 1.71. The minimum Gasteiger partial charge on any atom is -0.388 e. The minimum atomic E-state index is -4.23. The van der Waals surface area contributed by atoms with Gasteiger partial charge in [-0.2, -0.15) is 13.2 Å². The Hall–Kier alpha value is -0.820. The summed E-state index contributed by atoms with van der Waals surface area (Å²) >= 11 is 0. The zero-order chi connectivity index (χ0) is 11.9. The predicted molar refractivity (Wildman–Crippen MR) is 50.9 cm³/mol. The number of halogens is 3. The number of ether oxygens (including phenoxy) is 1. The molecule has 0 bridgehead atoms. The molecule has 0 saturated heterocycles. The Kier molecular flexibility index (Phi) is 6.26. The first kappa shape index (κ1) is 14.2. The van der Waals surface area contributed by atoms with Crippen molar-refractivity contribution in [2.75, 3.05) is 33.4 Å². The quantitative estimate of drug-likeness (QED) is 0.500. The first-order valence-electron chi connectivity index (χ1n) is 4.46. The number of rotatable bonds is 7. The number of amidine groups is 1. The lowest BCUT2D eigenvalue weighted by Gasteiger charge is -2.22. The Morgan fingerprint density at radius 3 is 2.40 bits per heavy atom. The lowest BCUT2D eigenvalue weighted by molar-refractivity contribution is -0.146. The van der Waals surface area contributed by atoms with Gasteiger partial charge in [0.15, 0.2) is 0 Å². The number of nitrogens with one attached hydrogen (secondary N) is 1. The van der Waals surface area contributed by atoms with Crippen LogP contribution >= 0.6 is 0 Å². The van der Waals surface area contributed by atoms with E-state index in [1.807, 2.05) is 0 Å². The molecule has 3 N–H and O–H groups in total. The average molecular weight is 227 g/mol. The van der Waals surface area contributed by atoms with Crippen molar-refractivity contribution in [2.24, 2.45) is 5.73 Å². The van der Waals surface area contributed by atoms with Gasteiger partial charge in [-0.05, 0) is 0 Å². The molecular weight excluding hydrogens is 211 g/mol. The van der Waals surface area contributed by atoms with Crippen LogP contribution in [0.5, 0.6) is 0 Å². The molecule has 0 aromatic heterocycles. The second-order valence-electron chi connectivity index (χ2n) is 3.16. The summed E-state index contributed by atoms with van der Waals surface area (Å²) in [6.07, 6.45) is -4.09. The molecule has 0 saturated carbocycles. The summed E-state index contributed by atoms with van der Waals surface area (Å²) in [7, 11) is 1.43. The summed E-state index contributed by atoms with van der Waals surface area (Å²) in [4.78, 5) is 1.17. The molecule has 0 aliphatic carbocycles. The predicted octanol–water partition coefficient (Wildman–Crippen LogP) is 0.823. The highest BCUT2D eigenvalue weighted by Gasteiger charge is 2.30. The monoisotopic (exact) mass is 227 g/mol. The molecule has 0 aromatic carbocycles. The van der Waals surface area contributed by atoms with Gasteiger partial charge in [-0.3, -0.25) is 10.3 Å². The highest BCUT2D eigenvalue weighted by atomic mass is 19.4. The van der Waals surface area contributed by atoms with Gasteiger partial charge in [0, 0.05) is 26.6 Å². The summed E-state index contributed by atoms with van der Waals surface area (Å²) in [5, 5.41) is 6.93. The molecule has 0 atom stereocenters. The molecule has 0 fully saturated rings. The molecule has 0 rings (SSSR count). The highest BCUT2D eigenvalue weighted by molar-refractivity contribution is 5.76. The van der Waals surface area contributed by atoms with Crippen molar-refractivity contribution in [3.8, 4) is 0 Å². The molecule has 7 heteroatoms. The zero-order valence-electron chi connectivity index (χ0n) is 8.60. The van der Waals surface area contributed by atoms with Gasteiger partial charge in [-0.25, -0.2) is 0 Å². The molecule has 90 valence electrons. The maximum atomic E-state index is 12.1. The molecule has 15 heavy (non-hydrogen) atoms. The third kappa shape index (κ3) is 9.48. The van der Waals surface area contributed by atoms with Crippen molar-refractivity contribution in [1.29, 1.82) is 5.41 Å². The van der Waals surface area contributed by atoms with Gasteiger partial charge in [0.05, 0.1) is 19.0 Å². The fourth-order valence-corrected chi connectivity index (χ4v) is 1.02. The standard InChI is InChI=1S/C8H16F3N3O/c1-15-5-4-14(3-2-7(12)13)6-8(9,10)11/h2-6H2,1H3,(H3,12,13). The van der Waals surface area contributed by atoms with Gasteiger partial charge in [0.2, 0.25) is 0 Å². The van der Waals surface area contributed by atoms with E-state index in [0.29, 0.717) is 0 Å². The van der Waals surface area contributed by atoms with E-state index in [9.17, 15) is 13.2 Å². The molecular formula is C8H16F3N3O. The van der Waals surface area contributed by atoms with E-state index in [2.05, 4.69) is 0 Å². The van der Waals surface area contributed by atoms with Gasteiger partial charge < -0.3 is 10.5 Å². The van der Waals surface area contributed by atoms with E-state index in [-0.39, 0.29) is 32.0 Å². The van der Waals surface area contributed by atoms with Crippen LogP contribution in [0.25, 0.3) is 0 Å². The Balaban J connectivity index is 4.00. The number of nitrogens with zero attached hydrogens (tertiary/aromatic N) is 1. The maximum Gasteiger partial charge on any atom is 0.401 e. The SMILES string of the molecule is COCCN(CCC(=N)N)CC(F)(F)F. The Morgan fingerprint density at radius 1 is 1.40 bits per heavy atom. The molecule has 0 spiro atoms. The number of hydrogen-bond donors (Lipinski definition) is 2. The van der Waals surface area contributed by atoms with Crippen LogP contribution in [0.1, 0.15) is 6.42 Å². The summed E-state index contributed by atoms with van der Waals surface area (Å²) in [5.41, 5.74) is 5.08. The van der Waals surface area contributed by atoms with E-state index in [0.717, 1.165) is 0 Å². The number of alkyl halides is 3. The van der Waals surface area contributed by atoms with E-state index < -0.39 is 12.7 Å². The number of nitrogens with two attached hydrogens (primary N) is 1. The van der Waals surface area contributed by atoms with Crippen LogP contribution in [0.2, 0.25) is 0 Å². The van der Waals surface area contributed by atoms with Crippen molar-refractivity contribution in [3.05, 3.63) is 0 Å². The Bertz CT molecular complexity index is 196. The zero-order valence-corrected chi connectivity index (χ0v) is 8.60. The Labute approximate surface area is 86.7 Å². The van der Waals surface area contributed by atoms with E-state index in [1.165, 1.54) is 12.0 Å². The smallest absolute Gasteiger partial charge is 0.388 e. The average Bonchev–Trinajstić information content (AvgIpc) is 2.07. The van der Waals surface area contributed by atoms with Crippen LogP contribution in [-0.4, -0.2) is 50.3 Å². The van der Waals surface area contributed by atoms with E-state index >= 15 is 0 Å². The fraction of sp³-hybridized carbons (Fsp3) is 0.875. The first-order chi connectivity index (χ1) is 6.85. The molecule has 0 radical (unpaired) electrons.